The largest absolute Gasteiger partial charge is 0.394 e. The number of rotatable bonds is 5. The number of carbonyl (C=O) groups excluding carboxylic acids is 1. The van der Waals surface area contributed by atoms with E-state index >= 15 is 0 Å². The predicted molar refractivity (Wildman–Crippen MR) is 86.7 cm³/mol. The molecule has 0 spiro atoms. The Morgan fingerprint density at radius 1 is 1.36 bits per heavy atom. The minimum atomic E-state index is -0.220. The zero-order valence-electron chi connectivity index (χ0n) is 12.9. The number of aromatic nitrogens is 2. The molecule has 22 heavy (non-hydrogen) atoms. The lowest BCUT2D eigenvalue weighted by Gasteiger charge is -2.14. The van der Waals surface area contributed by atoms with E-state index in [1.807, 2.05) is 32.9 Å². The monoisotopic (exact) mass is 321 g/mol. The van der Waals surface area contributed by atoms with Gasteiger partial charge in [-0.15, -0.1) is 0 Å². The van der Waals surface area contributed by atoms with Crippen molar-refractivity contribution in [2.45, 2.75) is 33.2 Å². The number of hydrogen-bond acceptors (Lipinski definition) is 3. The molecule has 1 atom stereocenters. The number of carbonyl (C=O) groups is 1. The van der Waals surface area contributed by atoms with Crippen molar-refractivity contribution in [1.29, 1.82) is 0 Å². The number of benzene rings is 1. The summed E-state index contributed by atoms with van der Waals surface area (Å²) >= 11 is 6.15. The molecule has 0 aliphatic carbocycles. The van der Waals surface area contributed by atoms with Crippen LogP contribution >= 0.6 is 11.6 Å². The minimum Gasteiger partial charge on any atom is -0.394 e. The highest BCUT2D eigenvalue weighted by Crippen LogP contribution is 2.22. The minimum absolute atomic E-state index is 0.0649. The van der Waals surface area contributed by atoms with E-state index < -0.39 is 0 Å². The molecule has 0 aliphatic heterocycles. The average molecular weight is 322 g/mol. The molecule has 1 amide bonds. The number of aliphatic hydroxyl groups excluding tert-OH is 1. The van der Waals surface area contributed by atoms with Crippen LogP contribution in [-0.4, -0.2) is 33.4 Å². The first-order valence-corrected chi connectivity index (χ1v) is 7.59. The fourth-order valence-corrected chi connectivity index (χ4v) is 2.29. The summed E-state index contributed by atoms with van der Waals surface area (Å²) in [4.78, 5) is 12.1. The van der Waals surface area contributed by atoms with Crippen molar-refractivity contribution in [3.05, 3.63) is 46.2 Å². The molecule has 2 aromatic rings. The molecule has 0 bridgehead atoms. The first-order chi connectivity index (χ1) is 10.5. The summed E-state index contributed by atoms with van der Waals surface area (Å²) in [6, 6.07) is 6.90. The van der Waals surface area contributed by atoms with E-state index in [0.29, 0.717) is 17.0 Å². The first-order valence-electron chi connectivity index (χ1n) is 7.21. The van der Waals surface area contributed by atoms with Crippen LogP contribution in [0.25, 0.3) is 5.69 Å². The Morgan fingerprint density at radius 3 is 2.45 bits per heavy atom. The molecule has 2 rings (SSSR count). The number of aliphatic hydroxyl groups is 1. The van der Waals surface area contributed by atoms with Gasteiger partial charge in [0.2, 0.25) is 0 Å². The van der Waals surface area contributed by atoms with Crippen molar-refractivity contribution in [3.63, 3.8) is 0 Å². The van der Waals surface area contributed by atoms with Gasteiger partial charge >= 0.3 is 0 Å². The van der Waals surface area contributed by atoms with Crippen molar-refractivity contribution < 1.29 is 9.90 Å². The Balaban J connectivity index is 2.20. The molecule has 1 aromatic carbocycles. The summed E-state index contributed by atoms with van der Waals surface area (Å²) in [7, 11) is 0. The molecule has 2 N–H and O–H groups in total. The molecule has 5 nitrogen and oxygen atoms in total. The Labute approximate surface area is 134 Å². The lowest BCUT2D eigenvalue weighted by molar-refractivity contribution is 0.0915. The highest BCUT2D eigenvalue weighted by molar-refractivity contribution is 6.31. The quantitative estimate of drug-likeness (QED) is 0.889. The Kier molecular flexibility index (Phi) is 5.21. The lowest BCUT2D eigenvalue weighted by atomic mass is 10.1. The van der Waals surface area contributed by atoms with E-state index in [2.05, 4.69) is 10.4 Å². The molecule has 6 heteroatoms. The second-order valence-corrected chi connectivity index (χ2v) is 5.58. The number of amides is 1. The fraction of sp³-hybridized carbons (Fsp3) is 0.375. The van der Waals surface area contributed by atoms with Crippen LogP contribution in [0.4, 0.5) is 0 Å². The van der Waals surface area contributed by atoms with Crippen LogP contribution in [0.5, 0.6) is 0 Å². The van der Waals surface area contributed by atoms with Crippen molar-refractivity contribution >= 4 is 17.5 Å². The van der Waals surface area contributed by atoms with Crippen LogP contribution in [0.3, 0.4) is 0 Å². The lowest BCUT2D eigenvalue weighted by Crippen LogP contribution is -2.36. The zero-order valence-corrected chi connectivity index (χ0v) is 13.7. The molecule has 0 radical (unpaired) electrons. The normalized spacial score (nSPS) is 12.2. The van der Waals surface area contributed by atoms with E-state index in [0.717, 1.165) is 17.1 Å². The summed E-state index contributed by atoms with van der Waals surface area (Å²) in [6.07, 6.45) is 0.685. The molecule has 0 saturated heterocycles. The molecule has 118 valence electrons. The number of nitrogens with zero attached hydrogens (tertiary/aromatic N) is 2. The van der Waals surface area contributed by atoms with E-state index in [1.54, 1.807) is 16.8 Å². The van der Waals surface area contributed by atoms with Gasteiger partial charge in [-0.3, -0.25) is 4.79 Å². The van der Waals surface area contributed by atoms with Gasteiger partial charge in [0.25, 0.3) is 5.91 Å². The van der Waals surface area contributed by atoms with Gasteiger partial charge in [0.1, 0.15) is 0 Å². The number of hydrogen-bond donors (Lipinski definition) is 2. The Morgan fingerprint density at radius 2 is 2.00 bits per heavy atom. The summed E-state index contributed by atoms with van der Waals surface area (Å²) in [5, 5.41) is 16.9. The molecular weight excluding hydrogens is 302 g/mol. The molecule has 0 saturated carbocycles. The molecule has 0 aliphatic rings. The van der Waals surface area contributed by atoms with Crippen molar-refractivity contribution in [1.82, 2.24) is 15.1 Å². The smallest absolute Gasteiger partial charge is 0.251 e. The van der Waals surface area contributed by atoms with E-state index in [-0.39, 0.29) is 18.6 Å². The standard InChI is InChI=1S/C16H20ClN3O2/c1-4-13(9-21)18-16(22)12-5-7-14(8-6-12)20-11(3)15(17)10(2)19-20/h5-8,13,21H,4,9H2,1-3H3,(H,18,22). The van der Waals surface area contributed by atoms with Gasteiger partial charge in [0, 0.05) is 5.56 Å². The highest BCUT2D eigenvalue weighted by atomic mass is 35.5. The van der Waals surface area contributed by atoms with Gasteiger partial charge in [0.05, 0.1) is 34.7 Å². The van der Waals surface area contributed by atoms with Crippen molar-refractivity contribution in [2.75, 3.05) is 6.61 Å². The molecular formula is C16H20ClN3O2. The topological polar surface area (TPSA) is 67.2 Å². The van der Waals surface area contributed by atoms with Gasteiger partial charge in [-0.2, -0.15) is 5.10 Å². The van der Waals surface area contributed by atoms with Crippen LogP contribution in [-0.2, 0) is 0 Å². The first kappa shape index (κ1) is 16.5. The molecule has 1 aromatic heterocycles. The van der Waals surface area contributed by atoms with Gasteiger partial charge in [-0.1, -0.05) is 18.5 Å². The number of halogens is 1. The van der Waals surface area contributed by atoms with Crippen molar-refractivity contribution in [3.8, 4) is 5.69 Å². The second-order valence-electron chi connectivity index (χ2n) is 5.20. The summed E-state index contributed by atoms with van der Waals surface area (Å²) < 4.78 is 1.75. The van der Waals surface area contributed by atoms with Crippen LogP contribution in [0, 0.1) is 13.8 Å². The SMILES string of the molecule is CCC(CO)NC(=O)c1ccc(-n2nc(C)c(Cl)c2C)cc1. The van der Waals surface area contributed by atoms with Crippen LogP contribution in [0.1, 0.15) is 35.1 Å². The highest BCUT2D eigenvalue weighted by Gasteiger charge is 2.13. The fourth-order valence-electron chi connectivity index (χ4n) is 2.17. The van der Waals surface area contributed by atoms with E-state index in [1.165, 1.54) is 0 Å². The maximum absolute atomic E-state index is 12.1. The summed E-state index contributed by atoms with van der Waals surface area (Å²) in [5.41, 5.74) is 3.03. The van der Waals surface area contributed by atoms with Crippen molar-refractivity contribution in [2.24, 2.45) is 0 Å². The number of nitrogens with one attached hydrogen (secondary N) is 1. The van der Waals surface area contributed by atoms with Gasteiger partial charge in [-0.05, 0) is 44.5 Å². The Bertz CT molecular complexity index is 661. The Hall–Kier alpha value is -1.85. The van der Waals surface area contributed by atoms with Crippen LogP contribution < -0.4 is 5.32 Å². The second kappa shape index (κ2) is 6.94. The third-order valence-electron chi connectivity index (χ3n) is 3.63. The summed E-state index contributed by atoms with van der Waals surface area (Å²) in [6.45, 7) is 5.60. The molecule has 1 unspecified atom stereocenters. The summed E-state index contributed by atoms with van der Waals surface area (Å²) in [5.74, 6) is -0.196. The van der Waals surface area contributed by atoms with E-state index in [9.17, 15) is 4.79 Å². The maximum atomic E-state index is 12.1. The average Bonchev–Trinajstić information content (AvgIpc) is 2.80. The number of aryl methyl sites for hydroxylation is 1. The van der Waals surface area contributed by atoms with Crippen LogP contribution in [0.15, 0.2) is 24.3 Å². The van der Waals surface area contributed by atoms with E-state index in [4.69, 9.17) is 16.7 Å². The van der Waals surface area contributed by atoms with Gasteiger partial charge in [-0.25, -0.2) is 4.68 Å². The third kappa shape index (κ3) is 3.31. The van der Waals surface area contributed by atoms with Gasteiger partial charge < -0.3 is 10.4 Å². The third-order valence-corrected chi connectivity index (χ3v) is 4.17. The zero-order chi connectivity index (χ0) is 16.3. The van der Waals surface area contributed by atoms with Crippen LogP contribution in [0.2, 0.25) is 5.02 Å². The maximum Gasteiger partial charge on any atom is 0.251 e. The molecule has 1 heterocycles. The van der Waals surface area contributed by atoms with Gasteiger partial charge in [0.15, 0.2) is 0 Å². The predicted octanol–water partition coefficient (Wildman–Crippen LogP) is 2.64. The molecule has 0 fully saturated rings.